The van der Waals surface area contributed by atoms with E-state index in [2.05, 4.69) is 35.1 Å². The van der Waals surface area contributed by atoms with E-state index < -0.39 is 6.04 Å². The van der Waals surface area contributed by atoms with Crippen molar-refractivity contribution >= 4 is 27.7 Å². The van der Waals surface area contributed by atoms with Gasteiger partial charge >= 0.3 is 0 Å². The molecule has 0 bridgehead atoms. The summed E-state index contributed by atoms with van der Waals surface area (Å²) in [6, 6.07) is 11.0. The average molecular weight is 507 g/mol. The van der Waals surface area contributed by atoms with Crippen LogP contribution < -0.4 is 10.1 Å². The largest absolute Gasteiger partial charge is 0.483 e. The molecular weight excluding hydrogens is 475 g/mol. The Morgan fingerprint density at radius 2 is 1.72 bits per heavy atom. The zero-order chi connectivity index (χ0) is 23.8. The van der Waals surface area contributed by atoms with E-state index in [0.717, 1.165) is 15.6 Å². The second kappa shape index (κ2) is 12.0. The summed E-state index contributed by atoms with van der Waals surface area (Å²) < 4.78 is 19.8. The number of rotatable bonds is 10. The number of benzene rings is 2. The number of hydrogen-bond acceptors (Lipinski definition) is 3. The molecule has 1 N–H and O–H groups in total. The second-order valence-electron chi connectivity index (χ2n) is 8.60. The minimum absolute atomic E-state index is 0.173. The molecule has 0 radical (unpaired) electrons. The first-order valence-electron chi connectivity index (χ1n) is 10.8. The molecule has 1 unspecified atom stereocenters. The summed E-state index contributed by atoms with van der Waals surface area (Å²) >= 11 is 3.50. The first kappa shape index (κ1) is 25.8. The maximum absolute atomic E-state index is 13.3. The van der Waals surface area contributed by atoms with Gasteiger partial charge in [-0.3, -0.25) is 9.59 Å². The van der Waals surface area contributed by atoms with Crippen molar-refractivity contribution in [2.75, 3.05) is 13.2 Å². The van der Waals surface area contributed by atoms with Crippen molar-refractivity contribution in [3.05, 3.63) is 63.9 Å². The Labute approximate surface area is 198 Å². The highest BCUT2D eigenvalue weighted by Crippen LogP contribution is 2.29. The van der Waals surface area contributed by atoms with Gasteiger partial charge in [-0.2, -0.15) is 0 Å². The van der Waals surface area contributed by atoms with Crippen LogP contribution in [0.25, 0.3) is 0 Å². The molecule has 5 nitrogen and oxygen atoms in total. The molecule has 2 aromatic carbocycles. The number of hydrogen-bond donors (Lipinski definition) is 1. The standard InChI is InChI=1S/C25H32BrFN2O3/c1-16(2)13-28-25(31)18(5)29(14-19-6-9-21(27)10-7-19)24(30)15-32-23-11-8-20(17(3)4)12-22(23)26/h6-12,16-18H,13-15H2,1-5H3,(H,28,31). The fourth-order valence-corrected chi connectivity index (χ4v) is 3.55. The van der Waals surface area contributed by atoms with E-state index in [9.17, 15) is 14.0 Å². The normalized spacial score (nSPS) is 12.0. The van der Waals surface area contributed by atoms with Crippen LogP contribution in [0.3, 0.4) is 0 Å². The van der Waals surface area contributed by atoms with Gasteiger partial charge in [0.25, 0.3) is 5.91 Å². The third kappa shape index (κ3) is 7.62. The van der Waals surface area contributed by atoms with Crippen LogP contribution >= 0.6 is 15.9 Å². The van der Waals surface area contributed by atoms with E-state index in [4.69, 9.17) is 4.74 Å². The fraction of sp³-hybridized carbons (Fsp3) is 0.440. The third-order valence-electron chi connectivity index (χ3n) is 5.09. The van der Waals surface area contributed by atoms with Crippen LogP contribution in [0.5, 0.6) is 5.75 Å². The molecule has 32 heavy (non-hydrogen) atoms. The molecule has 0 aliphatic heterocycles. The van der Waals surface area contributed by atoms with Crippen LogP contribution in [0, 0.1) is 11.7 Å². The monoisotopic (exact) mass is 506 g/mol. The SMILES string of the molecule is CC(C)CNC(=O)C(C)N(Cc1ccc(F)cc1)C(=O)COc1ccc(C(C)C)cc1Br. The number of nitrogens with one attached hydrogen (secondary N) is 1. The predicted octanol–water partition coefficient (Wildman–Crippen LogP) is 5.28. The highest BCUT2D eigenvalue weighted by Gasteiger charge is 2.26. The Bertz CT molecular complexity index is 916. The molecule has 2 aromatic rings. The van der Waals surface area contributed by atoms with Crippen molar-refractivity contribution in [3.8, 4) is 5.75 Å². The first-order valence-corrected chi connectivity index (χ1v) is 11.6. The Morgan fingerprint density at radius 1 is 1.06 bits per heavy atom. The van der Waals surface area contributed by atoms with Gasteiger partial charge in [0.05, 0.1) is 4.47 Å². The van der Waals surface area contributed by atoms with Gasteiger partial charge in [-0.1, -0.05) is 45.9 Å². The Morgan fingerprint density at radius 3 is 2.28 bits per heavy atom. The number of ether oxygens (including phenoxy) is 1. The maximum Gasteiger partial charge on any atom is 0.261 e. The van der Waals surface area contributed by atoms with E-state index in [0.29, 0.717) is 24.1 Å². The van der Waals surface area contributed by atoms with Crippen LogP contribution in [0.2, 0.25) is 0 Å². The van der Waals surface area contributed by atoms with Crippen molar-refractivity contribution in [2.45, 2.75) is 53.1 Å². The fourth-order valence-electron chi connectivity index (χ4n) is 3.04. The van der Waals surface area contributed by atoms with E-state index in [1.54, 1.807) is 19.1 Å². The van der Waals surface area contributed by atoms with Gasteiger partial charge < -0.3 is 15.0 Å². The van der Waals surface area contributed by atoms with Crippen molar-refractivity contribution in [1.82, 2.24) is 10.2 Å². The van der Waals surface area contributed by atoms with Gasteiger partial charge in [0.2, 0.25) is 5.91 Å². The summed E-state index contributed by atoms with van der Waals surface area (Å²) in [5, 5.41) is 2.87. The van der Waals surface area contributed by atoms with E-state index >= 15 is 0 Å². The third-order valence-corrected chi connectivity index (χ3v) is 5.71. The van der Waals surface area contributed by atoms with Gasteiger partial charge in [-0.25, -0.2) is 4.39 Å². The molecule has 0 spiro atoms. The molecule has 7 heteroatoms. The molecule has 174 valence electrons. The summed E-state index contributed by atoms with van der Waals surface area (Å²) in [5.74, 6) is 0.298. The molecule has 2 rings (SSSR count). The molecule has 0 saturated heterocycles. The lowest BCUT2D eigenvalue weighted by atomic mass is 10.0. The van der Waals surface area contributed by atoms with Crippen molar-refractivity contribution < 1.29 is 18.7 Å². The summed E-state index contributed by atoms with van der Waals surface area (Å²) in [6.45, 7) is 10.4. The van der Waals surface area contributed by atoms with Crippen molar-refractivity contribution in [2.24, 2.45) is 5.92 Å². The highest BCUT2D eigenvalue weighted by atomic mass is 79.9. The lowest BCUT2D eigenvalue weighted by Gasteiger charge is -2.29. The minimum Gasteiger partial charge on any atom is -0.483 e. The molecule has 0 fully saturated rings. The quantitative estimate of drug-likeness (QED) is 0.476. The van der Waals surface area contributed by atoms with Crippen LogP contribution in [0.15, 0.2) is 46.9 Å². The molecule has 0 aliphatic rings. The lowest BCUT2D eigenvalue weighted by Crippen LogP contribution is -2.49. The Balaban J connectivity index is 2.15. The number of carbonyl (C=O) groups is 2. The van der Waals surface area contributed by atoms with Crippen molar-refractivity contribution in [1.29, 1.82) is 0 Å². The van der Waals surface area contributed by atoms with Crippen LogP contribution in [0.1, 0.15) is 51.7 Å². The van der Waals surface area contributed by atoms with E-state index in [-0.39, 0.29) is 30.8 Å². The lowest BCUT2D eigenvalue weighted by molar-refractivity contribution is -0.142. The average Bonchev–Trinajstić information content (AvgIpc) is 2.75. The summed E-state index contributed by atoms with van der Waals surface area (Å²) in [6.07, 6.45) is 0. The van der Waals surface area contributed by atoms with Gasteiger partial charge in [0.1, 0.15) is 17.6 Å². The Kier molecular flexibility index (Phi) is 9.69. The van der Waals surface area contributed by atoms with Crippen LogP contribution in [-0.4, -0.2) is 35.9 Å². The van der Waals surface area contributed by atoms with Crippen molar-refractivity contribution in [3.63, 3.8) is 0 Å². The molecule has 0 aliphatic carbocycles. The number of nitrogens with zero attached hydrogens (tertiary/aromatic N) is 1. The maximum atomic E-state index is 13.3. The number of halogens is 2. The Hall–Kier alpha value is -2.41. The molecular formula is C25H32BrFN2O3. The summed E-state index contributed by atoms with van der Waals surface area (Å²) in [7, 11) is 0. The van der Waals surface area contributed by atoms with Gasteiger partial charge in [-0.15, -0.1) is 0 Å². The van der Waals surface area contributed by atoms with Gasteiger partial charge in [-0.05, 0) is 70.1 Å². The van der Waals surface area contributed by atoms with Crippen LogP contribution in [-0.2, 0) is 16.1 Å². The van der Waals surface area contributed by atoms with Crippen LogP contribution in [0.4, 0.5) is 4.39 Å². The topological polar surface area (TPSA) is 58.6 Å². The van der Waals surface area contributed by atoms with E-state index in [1.165, 1.54) is 17.0 Å². The molecule has 0 saturated carbocycles. The van der Waals surface area contributed by atoms with Gasteiger partial charge in [0.15, 0.2) is 6.61 Å². The smallest absolute Gasteiger partial charge is 0.261 e. The zero-order valence-corrected chi connectivity index (χ0v) is 20.9. The first-order chi connectivity index (χ1) is 15.1. The van der Waals surface area contributed by atoms with E-state index in [1.807, 2.05) is 32.0 Å². The number of amides is 2. The minimum atomic E-state index is -0.707. The summed E-state index contributed by atoms with van der Waals surface area (Å²) in [5.41, 5.74) is 1.88. The second-order valence-corrected chi connectivity index (χ2v) is 9.45. The number of carbonyl (C=O) groups excluding carboxylic acids is 2. The zero-order valence-electron chi connectivity index (χ0n) is 19.3. The molecule has 1 atom stereocenters. The predicted molar refractivity (Wildman–Crippen MR) is 128 cm³/mol. The summed E-state index contributed by atoms with van der Waals surface area (Å²) in [4.78, 5) is 27.2. The molecule has 0 aromatic heterocycles. The molecule has 2 amide bonds. The molecule has 0 heterocycles. The van der Waals surface area contributed by atoms with Gasteiger partial charge in [0, 0.05) is 13.1 Å². The highest BCUT2D eigenvalue weighted by molar-refractivity contribution is 9.10.